The van der Waals surface area contributed by atoms with E-state index in [0.29, 0.717) is 17.9 Å². The summed E-state index contributed by atoms with van der Waals surface area (Å²) in [6, 6.07) is 4.94. The zero-order chi connectivity index (χ0) is 11.7. The molecule has 0 radical (unpaired) electrons. The van der Waals surface area contributed by atoms with Crippen LogP contribution in [-0.4, -0.2) is 35.7 Å². The molecule has 2 amide bonds. The fourth-order valence-corrected chi connectivity index (χ4v) is 1.65. The van der Waals surface area contributed by atoms with Crippen molar-refractivity contribution in [3.05, 3.63) is 23.9 Å². The summed E-state index contributed by atoms with van der Waals surface area (Å²) in [7, 11) is 1.68. The highest BCUT2D eigenvalue weighted by atomic mass is 16.2. The molecule has 1 fully saturated rings. The van der Waals surface area contributed by atoms with Crippen LogP contribution in [-0.2, 0) is 0 Å². The van der Waals surface area contributed by atoms with Crippen LogP contribution in [0.15, 0.2) is 18.3 Å². The normalized spacial score (nSPS) is 20.1. The van der Waals surface area contributed by atoms with Crippen molar-refractivity contribution in [3.8, 4) is 6.07 Å². The van der Waals surface area contributed by atoms with Crippen LogP contribution < -0.4 is 10.6 Å². The summed E-state index contributed by atoms with van der Waals surface area (Å²) in [5, 5.41) is 8.77. The van der Waals surface area contributed by atoms with E-state index in [2.05, 4.69) is 4.98 Å². The third-order valence-electron chi connectivity index (χ3n) is 2.45. The van der Waals surface area contributed by atoms with E-state index in [4.69, 9.17) is 11.0 Å². The first kappa shape index (κ1) is 10.4. The lowest BCUT2D eigenvalue weighted by Gasteiger charge is -2.18. The van der Waals surface area contributed by atoms with Crippen molar-refractivity contribution in [3.63, 3.8) is 0 Å². The number of carbonyl (C=O) groups is 1. The number of aromatic nitrogens is 1. The largest absolute Gasteiger partial charge is 0.326 e. The van der Waals surface area contributed by atoms with Crippen molar-refractivity contribution >= 4 is 11.8 Å². The van der Waals surface area contributed by atoms with Crippen molar-refractivity contribution in [2.24, 2.45) is 5.73 Å². The van der Waals surface area contributed by atoms with Gasteiger partial charge in [0.15, 0.2) is 0 Å². The molecule has 1 unspecified atom stereocenters. The van der Waals surface area contributed by atoms with E-state index in [-0.39, 0.29) is 6.03 Å². The van der Waals surface area contributed by atoms with Gasteiger partial charge in [0.05, 0.1) is 18.2 Å². The Morgan fingerprint density at radius 2 is 2.44 bits per heavy atom. The highest BCUT2D eigenvalue weighted by molar-refractivity contribution is 5.93. The van der Waals surface area contributed by atoms with Crippen LogP contribution in [0, 0.1) is 11.3 Å². The fourth-order valence-electron chi connectivity index (χ4n) is 1.65. The van der Waals surface area contributed by atoms with Gasteiger partial charge in [-0.3, -0.25) is 4.90 Å². The zero-order valence-corrected chi connectivity index (χ0v) is 8.79. The molecule has 2 N–H and O–H groups in total. The molecule has 6 nitrogen and oxygen atoms in total. The molecule has 1 aromatic rings. The lowest BCUT2D eigenvalue weighted by molar-refractivity contribution is 0.229. The lowest BCUT2D eigenvalue weighted by Crippen LogP contribution is -2.40. The molecule has 1 aliphatic heterocycles. The first-order chi connectivity index (χ1) is 7.63. The Morgan fingerprint density at radius 3 is 3.00 bits per heavy atom. The van der Waals surface area contributed by atoms with Crippen LogP contribution in [0.3, 0.4) is 0 Å². The Hall–Kier alpha value is -2.13. The molecule has 82 valence electrons. The van der Waals surface area contributed by atoms with Crippen LogP contribution in [0.5, 0.6) is 0 Å². The van der Waals surface area contributed by atoms with Crippen LogP contribution >= 0.6 is 0 Å². The Balaban J connectivity index is 2.37. The summed E-state index contributed by atoms with van der Waals surface area (Å²) < 4.78 is 0. The number of carbonyl (C=O) groups excluding carboxylic acids is 1. The van der Waals surface area contributed by atoms with Crippen molar-refractivity contribution in [2.45, 2.75) is 6.17 Å². The summed E-state index contributed by atoms with van der Waals surface area (Å²) in [4.78, 5) is 18.7. The van der Waals surface area contributed by atoms with Crippen LogP contribution in [0.1, 0.15) is 5.56 Å². The highest BCUT2D eigenvalue weighted by Gasteiger charge is 2.34. The van der Waals surface area contributed by atoms with Crippen LogP contribution in [0.25, 0.3) is 0 Å². The van der Waals surface area contributed by atoms with E-state index in [9.17, 15) is 4.79 Å². The third kappa shape index (κ3) is 1.57. The molecule has 1 aromatic heterocycles. The molecule has 1 atom stereocenters. The number of amides is 2. The average molecular weight is 217 g/mol. The van der Waals surface area contributed by atoms with Crippen LogP contribution in [0.4, 0.5) is 10.6 Å². The number of nitrogens with two attached hydrogens (primary N) is 1. The molecule has 1 aliphatic rings. The number of nitriles is 1. The predicted molar refractivity (Wildman–Crippen MR) is 57.4 cm³/mol. The number of urea groups is 1. The number of nitrogens with zero attached hydrogens (tertiary/aromatic N) is 4. The highest BCUT2D eigenvalue weighted by Crippen LogP contribution is 2.20. The maximum atomic E-state index is 11.8. The number of rotatable bonds is 1. The van der Waals surface area contributed by atoms with Gasteiger partial charge in [0.25, 0.3) is 0 Å². The quantitative estimate of drug-likeness (QED) is 0.723. The van der Waals surface area contributed by atoms with Gasteiger partial charge in [-0.05, 0) is 12.1 Å². The first-order valence-electron chi connectivity index (χ1n) is 4.79. The van der Waals surface area contributed by atoms with Crippen molar-refractivity contribution in [1.82, 2.24) is 9.88 Å². The smallest absolute Gasteiger partial charge is 0.324 e. The molecule has 0 saturated carbocycles. The lowest BCUT2D eigenvalue weighted by atomic mass is 10.3. The van der Waals surface area contributed by atoms with Gasteiger partial charge in [0.2, 0.25) is 0 Å². The summed E-state index contributed by atoms with van der Waals surface area (Å²) in [6.07, 6.45) is 1.07. The maximum Gasteiger partial charge on any atom is 0.326 e. The standard InChI is InChI=1S/C10H11N5O/c1-14-6-8(12)15(10(14)16)9-4-7(5-11)2-3-13-9/h2-4,8H,6,12H2,1H3. The Morgan fingerprint density at radius 1 is 1.69 bits per heavy atom. The molecule has 0 aliphatic carbocycles. The van der Waals surface area contributed by atoms with E-state index < -0.39 is 6.17 Å². The van der Waals surface area contributed by atoms with Gasteiger partial charge in [-0.25, -0.2) is 9.78 Å². The van der Waals surface area contributed by atoms with E-state index in [1.807, 2.05) is 6.07 Å². The van der Waals surface area contributed by atoms with Gasteiger partial charge < -0.3 is 10.6 Å². The molecule has 0 spiro atoms. The Kier molecular flexibility index (Phi) is 2.46. The van der Waals surface area contributed by atoms with E-state index in [1.54, 1.807) is 19.2 Å². The first-order valence-corrected chi connectivity index (χ1v) is 4.79. The minimum Gasteiger partial charge on any atom is -0.324 e. The molecule has 6 heteroatoms. The molecular weight excluding hydrogens is 206 g/mol. The monoisotopic (exact) mass is 217 g/mol. The topological polar surface area (TPSA) is 86.2 Å². The third-order valence-corrected chi connectivity index (χ3v) is 2.45. The number of pyridine rings is 1. The van der Waals surface area contributed by atoms with Gasteiger partial charge in [-0.1, -0.05) is 0 Å². The summed E-state index contributed by atoms with van der Waals surface area (Å²) in [5.74, 6) is 0.418. The van der Waals surface area contributed by atoms with E-state index >= 15 is 0 Å². The summed E-state index contributed by atoms with van der Waals surface area (Å²) in [6.45, 7) is 0.456. The molecule has 0 aromatic carbocycles. The molecule has 2 rings (SSSR count). The van der Waals surface area contributed by atoms with E-state index in [1.165, 1.54) is 16.0 Å². The SMILES string of the molecule is CN1CC(N)N(c2cc(C#N)ccn2)C1=O. The minimum atomic E-state index is -0.418. The minimum absolute atomic E-state index is 0.199. The van der Waals surface area contributed by atoms with Gasteiger partial charge in [-0.15, -0.1) is 0 Å². The maximum absolute atomic E-state index is 11.8. The van der Waals surface area contributed by atoms with Gasteiger partial charge >= 0.3 is 6.03 Å². The van der Waals surface area contributed by atoms with Crippen LogP contribution in [0.2, 0.25) is 0 Å². The van der Waals surface area contributed by atoms with E-state index in [0.717, 1.165) is 0 Å². The van der Waals surface area contributed by atoms with Gasteiger partial charge in [-0.2, -0.15) is 5.26 Å². The molecule has 1 saturated heterocycles. The number of hydrogen-bond acceptors (Lipinski definition) is 4. The molecule has 2 heterocycles. The molecule has 0 bridgehead atoms. The number of likely N-dealkylation sites (N-methyl/N-ethyl adjacent to an activating group) is 1. The second kappa shape index (κ2) is 3.79. The zero-order valence-electron chi connectivity index (χ0n) is 8.79. The average Bonchev–Trinajstić information content (AvgIpc) is 2.53. The molecular formula is C10H11N5O. The number of hydrogen-bond donors (Lipinski definition) is 1. The predicted octanol–water partition coefficient (Wildman–Crippen LogP) is 0.110. The summed E-state index contributed by atoms with van der Waals surface area (Å²) in [5.41, 5.74) is 6.28. The van der Waals surface area contributed by atoms with Crippen molar-refractivity contribution < 1.29 is 4.79 Å². The second-order valence-corrected chi connectivity index (χ2v) is 3.61. The fraction of sp³-hybridized carbons (Fsp3) is 0.300. The molecule has 16 heavy (non-hydrogen) atoms. The van der Waals surface area contributed by atoms with Crippen molar-refractivity contribution in [1.29, 1.82) is 5.26 Å². The number of anilines is 1. The Labute approximate surface area is 92.9 Å². The Bertz CT molecular complexity index is 467. The second-order valence-electron chi connectivity index (χ2n) is 3.61. The van der Waals surface area contributed by atoms with Gasteiger partial charge in [0.1, 0.15) is 12.0 Å². The van der Waals surface area contributed by atoms with Gasteiger partial charge in [0, 0.05) is 13.2 Å². The van der Waals surface area contributed by atoms with Crippen molar-refractivity contribution in [2.75, 3.05) is 18.5 Å². The summed E-state index contributed by atoms with van der Waals surface area (Å²) >= 11 is 0.